The van der Waals surface area contributed by atoms with E-state index in [4.69, 9.17) is 4.98 Å². The molecule has 0 atom stereocenters. The largest absolute Gasteiger partial charge is 0.395 e. The van der Waals surface area contributed by atoms with Gasteiger partial charge in [0.2, 0.25) is 0 Å². The molecular weight excluding hydrogens is 238 g/mol. The van der Waals surface area contributed by atoms with Crippen LogP contribution in [-0.2, 0) is 5.41 Å². The maximum Gasteiger partial charge on any atom is 0.137 e. The minimum absolute atomic E-state index is 0.119. The predicted octanol–water partition coefficient (Wildman–Crippen LogP) is 1.62. The molecule has 4 heteroatoms. The van der Waals surface area contributed by atoms with Gasteiger partial charge in [-0.15, -0.1) is 0 Å². The fourth-order valence-electron chi connectivity index (χ4n) is 2.95. The van der Waals surface area contributed by atoms with Gasteiger partial charge in [0, 0.05) is 17.3 Å². The van der Waals surface area contributed by atoms with E-state index >= 15 is 0 Å². The first-order valence-corrected chi connectivity index (χ1v) is 7.28. The summed E-state index contributed by atoms with van der Waals surface area (Å²) in [5, 5.41) is 9.55. The van der Waals surface area contributed by atoms with Crippen LogP contribution in [0.4, 0.5) is 0 Å². The highest BCUT2D eigenvalue weighted by atomic mass is 16.3. The van der Waals surface area contributed by atoms with Crippen LogP contribution in [0.3, 0.4) is 0 Å². The molecule has 1 saturated carbocycles. The van der Waals surface area contributed by atoms with Crippen molar-refractivity contribution in [1.29, 1.82) is 0 Å². The van der Waals surface area contributed by atoms with Gasteiger partial charge in [-0.3, -0.25) is 0 Å². The molecule has 1 N–H and O–H groups in total. The predicted molar refractivity (Wildman–Crippen MR) is 74.2 cm³/mol. The van der Waals surface area contributed by atoms with Gasteiger partial charge in [-0.05, 0) is 58.8 Å². The lowest BCUT2D eigenvalue weighted by Crippen LogP contribution is -2.30. The number of hydrogen-bond acceptors (Lipinski definition) is 4. The van der Waals surface area contributed by atoms with Gasteiger partial charge in [0.15, 0.2) is 0 Å². The first kappa shape index (κ1) is 13.0. The molecule has 0 amide bonds. The molecule has 1 aliphatic carbocycles. The Kier molecular flexibility index (Phi) is 3.31. The molecule has 2 fully saturated rings. The summed E-state index contributed by atoms with van der Waals surface area (Å²) in [6.07, 6.45) is 4.41. The summed E-state index contributed by atoms with van der Waals surface area (Å²) in [6, 6.07) is 2.13. The van der Waals surface area contributed by atoms with Crippen molar-refractivity contribution in [3.05, 3.63) is 23.3 Å². The Bertz CT molecular complexity index is 462. The van der Waals surface area contributed by atoms with Crippen molar-refractivity contribution >= 4 is 0 Å². The molecule has 1 aromatic rings. The van der Waals surface area contributed by atoms with Crippen LogP contribution in [-0.4, -0.2) is 46.7 Å². The van der Waals surface area contributed by atoms with Crippen LogP contribution < -0.4 is 0 Å². The molecule has 4 nitrogen and oxygen atoms in total. The Balaban J connectivity index is 1.86. The number of piperidine rings is 1. The van der Waals surface area contributed by atoms with Gasteiger partial charge in [0.1, 0.15) is 5.82 Å². The number of nitrogens with zero attached hydrogens (tertiary/aromatic N) is 3. The summed E-state index contributed by atoms with van der Waals surface area (Å²) in [7, 11) is 2.18. The molecule has 1 saturated heterocycles. The number of aryl methyl sites for hydroxylation is 1. The van der Waals surface area contributed by atoms with Crippen LogP contribution in [0.25, 0.3) is 0 Å². The number of likely N-dealkylation sites (tertiary alicyclic amines) is 1. The van der Waals surface area contributed by atoms with E-state index in [2.05, 4.69) is 23.0 Å². The number of aromatic nitrogens is 2. The Morgan fingerprint density at radius 1 is 1.32 bits per heavy atom. The van der Waals surface area contributed by atoms with E-state index in [1.165, 1.54) is 18.5 Å². The maximum absolute atomic E-state index is 9.55. The van der Waals surface area contributed by atoms with Crippen molar-refractivity contribution in [3.8, 4) is 0 Å². The number of aliphatic hydroxyl groups excluding tert-OH is 1. The minimum atomic E-state index is -0.119. The van der Waals surface area contributed by atoms with E-state index in [9.17, 15) is 5.11 Å². The van der Waals surface area contributed by atoms with Gasteiger partial charge in [0.25, 0.3) is 0 Å². The normalized spacial score (nSPS) is 23.5. The highest BCUT2D eigenvalue weighted by Crippen LogP contribution is 2.46. The first-order chi connectivity index (χ1) is 9.13. The van der Waals surface area contributed by atoms with Crippen LogP contribution in [0.5, 0.6) is 0 Å². The van der Waals surface area contributed by atoms with Crippen molar-refractivity contribution in [1.82, 2.24) is 14.9 Å². The summed E-state index contributed by atoms with van der Waals surface area (Å²) in [6.45, 7) is 4.52. The van der Waals surface area contributed by atoms with Crippen molar-refractivity contribution in [2.45, 2.75) is 43.9 Å². The molecule has 2 aliphatic rings. The van der Waals surface area contributed by atoms with E-state index in [1.807, 2.05) is 6.92 Å². The van der Waals surface area contributed by atoms with E-state index in [0.29, 0.717) is 5.92 Å². The van der Waals surface area contributed by atoms with Gasteiger partial charge in [0.05, 0.1) is 12.0 Å². The molecule has 0 bridgehead atoms. The number of rotatable bonds is 3. The SMILES string of the molecule is Cc1cc(C2CCN(C)CC2)nc(C2(CO)CC2)n1. The second kappa shape index (κ2) is 4.84. The molecule has 2 heterocycles. The van der Waals surface area contributed by atoms with Gasteiger partial charge in [-0.2, -0.15) is 0 Å². The standard InChI is InChI=1S/C15H23N3O/c1-11-9-13(12-3-7-18(2)8-4-12)17-14(16-11)15(10-19)5-6-15/h9,12,19H,3-8,10H2,1-2H3. The average Bonchev–Trinajstić information content (AvgIpc) is 3.20. The Morgan fingerprint density at radius 3 is 2.58 bits per heavy atom. The monoisotopic (exact) mass is 261 g/mol. The van der Waals surface area contributed by atoms with E-state index in [0.717, 1.165) is 37.4 Å². The Hall–Kier alpha value is -1.00. The van der Waals surface area contributed by atoms with Gasteiger partial charge >= 0.3 is 0 Å². The quantitative estimate of drug-likeness (QED) is 0.898. The second-order valence-electron chi connectivity index (χ2n) is 6.27. The van der Waals surface area contributed by atoms with Crippen LogP contribution in [0.15, 0.2) is 6.07 Å². The van der Waals surface area contributed by atoms with E-state index < -0.39 is 0 Å². The zero-order valence-electron chi connectivity index (χ0n) is 11.9. The van der Waals surface area contributed by atoms with Crippen molar-refractivity contribution < 1.29 is 5.11 Å². The summed E-state index contributed by atoms with van der Waals surface area (Å²) in [5.41, 5.74) is 2.11. The number of aliphatic hydroxyl groups is 1. The lowest BCUT2D eigenvalue weighted by atomic mass is 9.93. The highest BCUT2D eigenvalue weighted by Gasteiger charge is 2.47. The smallest absolute Gasteiger partial charge is 0.137 e. The third kappa shape index (κ3) is 2.51. The lowest BCUT2D eigenvalue weighted by molar-refractivity contribution is 0.245. The molecule has 1 aliphatic heterocycles. The lowest BCUT2D eigenvalue weighted by Gasteiger charge is -2.29. The zero-order valence-corrected chi connectivity index (χ0v) is 11.9. The topological polar surface area (TPSA) is 49.2 Å². The van der Waals surface area contributed by atoms with E-state index in [1.54, 1.807) is 0 Å². The molecule has 104 valence electrons. The Labute approximate surface area is 114 Å². The second-order valence-corrected chi connectivity index (χ2v) is 6.27. The Morgan fingerprint density at radius 2 is 2.00 bits per heavy atom. The van der Waals surface area contributed by atoms with Crippen LogP contribution >= 0.6 is 0 Å². The van der Waals surface area contributed by atoms with Crippen LogP contribution in [0.2, 0.25) is 0 Å². The third-order valence-corrected chi connectivity index (χ3v) is 4.64. The summed E-state index contributed by atoms with van der Waals surface area (Å²) in [4.78, 5) is 11.7. The molecule has 0 spiro atoms. The van der Waals surface area contributed by atoms with Gasteiger partial charge in [-0.25, -0.2) is 9.97 Å². The van der Waals surface area contributed by atoms with Crippen LogP contribution in [0.1, 0.15) is 48.8 Å². The molecular formula is C15H23N3O. The van der Waals surface area contributed by atoms with Crippen LogP contribution in [0, 0.1) is 6.92 Å². The molecule has 19 heavy (non-hydrogen) atoms. The summed E-state index contributed by atoms with van der Waals surface area (Å²) < 4.78 is 0. The molecule has 1 aromatic heterocycles. The summed E-state index contributed by atoms with van der Waals surface area (Å²) >= 11 is 0. The van der Waals surface area contributed by atoms with Crippen molar-refractivity contribution in [3.63, 3.8) is 0 Å². The molecule has 0 aromatic carbocycles. The third-order valence-electron chi connectivity index (χ3n) is 4.64. The maximum atomic E-state index is 9.55. The minimum Gasteiger partial charge on any atom is -0.395 e. The van der Waals surface area contributed by atoms with Gasteiger partial charge < -0.3 is 10.0 Å². The van der Waals surface area contributed by atoms with Crippen molar-refractivity contribution in [2.24, 2.45) is 0 Å². The molecule has 3 rings (SSSR count). The van der Waals surface area contributed by atoms with Gasteiger partial charge in [-0.1, -0.05) is 0 Å². The molecule has 0 unspecified atom stereocenters. The fourth-order valence-corrected chi connectivity index (χ4v) is 2.95. The highest BCUT2D eigenvalue weighted by molar-refractivity contribution is 5.24. The zero-order chi connectivity index (χ0) is 13.5. The summed E-state index contributed by atoms with van der Waals surface area (Å²) in [5.74, 6) is 1.44. The van der Waals surface area contributed by atoms with E-state index in [-0.39, 0.29) is 12.0 Å². The van der Waals surface area contributed by atoms with Crippen molar-refractivity contribution in [2.75, 3.05) is 26.7 Å². The number of hydrogen-bond donors (Lipinski definition) is 1. The fraction of sp³-hybridized carbons (Fsp3) is 0.733. The molecule has 0 radical (unpaired) electrons. The average molecular weight is 261 g/mol. The first-order valence-electron chi connectivity index (χ1n) is 7.28.